The zero-order valence-corrected chi connectivity index (χ0v) is 16.0. The Balaban J connectivity index is 1.86. The number of hydrogen-bond acceptors (Lipinski definition) is 5. The van der Waals surface area contributed by atoms with Crippen molar-refractivity contribution in [2.24, 2.45) is 0 Å². The van der Waals surface area contributed by atoms with Gasteiger partial charge in [-0.1, -0.05) is 18.2 Å². The maximum atomic E-state index is 13.1. The number of benzene rings is 2. The minimum atomic E-state index is -4.27. The van der Waals surface area contributed by atoms with Crippen LogP contribution in [0.2, 0.25) is 0 Å². The van der Waals surface area contributed by atoms with Crippen molar-refractivity contribution in [3.05, 3.63) is 54.6 Å². The van der Waals surface area contributed by atoms with E-state index in [9.17, 15) is 13.2 Å². The van der Waals surface area contributed by atoms with Gasteiger partial charge in [-0.15, -0.1) is 0 Å². The molecule has 7 nitrogen and oxygen atoms in total. The maximum Gasteiger partial charge on any atom is 0.294 e. The van der Waals surface area contributed by atoms with Crippen molar-refractivity contribution in [2.45, 2.75) is 4.90 Å². The van der Waals surface area contributed by atoms with Crippen LogP contribution in [-0.2, 0) is 14.9 Å². The summed E-state index contributed by atoms with van der Waals surface area (Å²) >= 11 is 0. The molecule has 27 heavy (non-hydrogen) atoms. The van der Waals surface area contributed by atoms with Crippen molar-refractivity contribution in [3.63, 3.8) is 0 Å². The van der Waals surface area contributed by atoms with Crippen LogP contribution in [0.4, 0.5) is 11.4 Å². The molecule has 1 aliphatic rings. The molecule has 0 radical (unpaired) electrons. The Labute approximate surface area is 159 Å². The number of rotatable bonds is 5. The molecule has 2 aromatic rings. The Bertz CT molecular complexity index is 877. The number of carbonyl (C=O) groups is 1. The van der Waals surface area contributed by atoms with Gasteiger partial charge in [-0.2, -0.15) is 8.42 Å². The van der Waals surface area contributed by atoms with Gasteiger partial charge in [-0.25, -0.2) is 0 Å². The van der Waals surface area contributed by atoms with E-state index < -0.39 is 10.1 Å². The normalized spacial score (nSPS) is 16.2. The third-order valence-electron chi connectivity index (χ3n) is 4.61. The molecule has 0 spiro atoms. The number of carbonyl (C=O) groups excluding carboxylic acids is 1. The van der Waals surface area contributed by atoms with Gasteiger partial charge < -0.3 is 4.90 Å². The second kappa shape index (κ2) is 8.18. The van der Waals surface area contributed by atoms with E-state index >= 15 is 0 Å². The Hall–Kier alpha value is -2.26. The second-order valence-corrected chi connectivity index (χ2v) is 8.03. The molecule has 1 N–H and O–H groups in total. The fourth-order valence-corrected chi connectivity index (χ4v) is 3.53. The molecule has 8 heteroatoms. The molecule has 1 saturated heterocycles. The first-order valence-corrected chi connectivity index (χ1v) is 10.1. The van der Waals surface area contributed by atoms with Crippen molar-refractivity contribution in [2.75, 3.05) is 44.7 Å². The maximum absolute atomic E-state index is 13.1. The van der Waals surface area contributed by atoms with Gasteiger partial charge in [-0.3, -0.25) is 19.1 Å². The van der Waals surface area contributed by atoms with Gasteiger partial charge in [0.05, 0.1) is 11.4 Å². The fraction of sp³-hybridized carbons (Fsp3) is 0.316. The van der Waals surface area contributed by atoms with Crippen LogP contribution >= 0.6 is 0 Å². The summed E-state index contributed by atoms with van der Waals surface area (Å²) in [5.74, 6) is -0.0923. The van der Waals surface area contributed by atoms with Gasteiger partial charge in [0.25, 0.3) is 10.1 Å². The average Bonchev–Trinajstić information content (AvgIpc) is 2.64. The summed E-state index contributed by atoms with van der Waals surface area (Å²) < 4.78 is 31.7. The van der Waals surface area contributed by atoms with Crippen LogP contribution in [0.1, 0.15) is 0 Å². The highest BCUT2D eigenvalue weighted by atomic mass is 32.2. The number of anilines is 2. The number of hydrogen-bond donors (Lipinski definition) is 1. The van der Waals surface area contributed by atoms with Crippen LogP contribution in [0, 0.1) is 0 Å². The Morgan fingerprint density at radius 2 is 1.52 bits per heavy atom. The van der Waals surface area contributed by atoms with E-state index in [1.807, 2.05) is 30.3 Å². The van der Waals surface area contributed by atoms with E-state index in [-0.39, 0.29) is 17.3 Å². The first-order valence-electron chi connectivity index (χ1n) is 8.71. The van der Waals surface area contributed by atoms with Gasteiger partial charge >= 0.3 is 0 Å². The third kappa shape index (κ3) is 4.92. The molecular formula is C19H23N3O4S. The third-order valence-corrected chi connectivity index (χ3v) is 5.48. The number of amides is 1. The van der Waals surface area contributed by atoms with Gasteiger partial charge in [-0.05, 0) is 43.4 Å². The first-order chi connectivity index (χ1) is 12.8. The van der Waals surface area contributed by atoms with Crippen LogP contribution in [0.3, 0.4) is 0 Å². The van der Waals surface area contributed by atoms with Crippen molar-refractivity contribution >= 4 is 27.4 Å². The Morgan fingerprint density at radius 1 is 0.963 bits per heavy atom. The summed E-state index contributed by atoms with van der Waals surface area (Å²) in [4.78, 5) is 18.8. The van der Waals surface area contributed by atoms with Crippen molar-refractivity contribution in [1.82, 2.24) is 9.80 Å². The zero-order valence-electron chi connectivity index (χ0n) is 15.2. The van der Waals surface area contributed by atoms with E-state index in [4.69, 9.17) is 4.55 Å². The molecule has 2 aromatic carbocycles. The van der Waals surface area contributed by atoms with E-state index in [1.165, 1.54) is 24.3 Å². The SMILES string of the molecule is CN1CCN(CC(=O)N(c2ccccc2)c2ccc(S(=O)(=O)O)cc2)CC1. The highest BCUT2D eigenvalue weighted by molar-refractivity contribution is 7.85. The number of para-hydroxylation sites is 1. The van der Waals surface area contributed by atoms with Gasteiger partial charge in [0.2, 0.25) is 5.91 Å². The molecule has 0 atom stereocenters. The Kier molecular flexibility index (Phi) is 5.91. The lowest BCUT2D eigenvalue weighted by molar-refractivity contribution is -0.119. The summed E-state index contributed by atoms with van der Waals surface area (Å²) in [5.41, 5.74) is 1.25. The lowest BCUT2D eigenvalue weighted by Gasteiger charge is -2.33. The van der Waals surface area contributed by atoms with Crippen molar-refractivity contribution in [1.29, 1.82) is 0 Å². The number of piperazine rings is 1. The van der Waals surface area contributed by atoms with Gasteiger partial charge in [0.1, 0.15) is 0 Å². The smallest absolute Gasteiger partial charge is 0.294 e. The van der Waals surface area contributed by atoms with Crippen molar-refractivity contribution in [3.8, 4) is 0 Å². The Morgan fingerprint density at radius 3 is 2.07 bits per heavy atom. The largest absolute Gasteiger partial charge is 0.304 e. The molecule has 1 aliphatic heterocycles. The molecule has 0 aliphatic carbocycles. The van der Waals surface area contributed by atoms with Gasteiger partial charge in [0, 0.05) is 37.6 Å². The molecular weight excluding hydrogens is 366 g/mol. The molecule has 144 valence electrons. The zero-order chi connectivity index (χ0) is 19.4. The molecule has 0 aromatic heterocycles. The second-order valence-electron chi connectivity index (χ2n) is 6.61. The van der Waals surface area contributed by atoms with Crippen LogP contribution in [0.15, 0.2) is 59.5 Å². The molecule has 1 fully saturated rings. The predicted molar refractivity (Wildman–Crippen MR) is 104 cm³/mol. The predicted octanol–water partition coefficient (Wildman–Crippen LogP) is 1.85. The monoisotopic (exact) mass is 389 g/mol. The molecule has 0 saturated carbocycles. The standard InChI is InChI=1S/C19H23N3O4S/c1-20-11-13-21(14-12-20)15-19(23)22(16-5-3-2-4-6-16)17-7-9-18(10-8-17)27(24,25)26/h2-10H,11-15H2,1H3,(H,24,25,26). The summed E-state index contributed by atoms with van der Waals surface area (Å²) in [6.45, 7) is 3.77. The van der Waals surface area contributed by atoms with Crippen molar-refractivity contribution < 1.29 is 17.8 Å². The lowest BCUT2D eigenvalue weighted by Crippen LogP contribution is -2.48. The minimum absolute atomic E-state index is 0.0923. The highest BCUT2D eigenvalue weighted by Crippen LogP contribution is 2.27. The topological polar surface area (TPSA) is 81.2 Å². The summed E-state index contributed by atoms with van der Waals surface area (Å²) in [6, 6.07) is 14.9. The van der Waals surface area contributed by atoms with E-state index in [2.05, 4.69) is 16.8 Å². The summed E-state index contributed by atoms with van der Waals surface area (Å²) in [5, 5.41) is 0. The molecule has 1 heterocycles. The first kappa shape index (κ1) is 19.5. The number of likely N-dealkylation sites (N-methyl/N-ethyl adjacent to an activating group) is 1. The fourth-order valence-electron chi connectivity index (χ4n) is 3.05. The molecule has 3 rings (SSSR count). The molecule has 1 amide bonds. The quantitative estimate of drug-likeness (QED) is 0.786. The van der Waals surface area contributed by atoms with Crippen LogP contribution in [0.5, 0.6) is 0 Å². The number of nitrogens with zero attached hydrogens (tertiary/aromatic N) is 3. The molecule has 0 bridgehead atoms. The van der Waals surface area contributed by atoms with Gasteiger partial charge in [0.15, 0.2) is 0 Å². The minimum Gasteiger partial charge on any atom is -0.304 e. The highest BCUT2D eigenvalue weighted by Gasteiger charge is 2.23. The lowest BCUT2D eigenvalue weighted by atomic mass is 10.2. The summed E-state index contributed by atoms with van der Waals surface area (Å²) in [6.07, 6.45) is 0. The van der Waals surface area contributed by atoms with E-state index in [0.29, 0.717) is 11.4 Å². The van der Waals surface area contributed by atoms with Crippen LogP contribution < -0.4 is 4.90 Å². The van der Waals surface area contributed by atoms with Crippen LogP contribution in [0.25, 0.3) is 0 Å². The molecule has 0 unspecified atom stereocenters. The summed E-state index contributed by atoms with van der Waals surface area (Å²) in [7, 11) is -2.21. The van der Waals surface area contributed by atoms with E-state index in [1.54, 1.807) is 4.90 Å². The average molecular weight is 389 g/mol. The van der Waals surface area contributed by atoms with Crippen LogP contribution in [-0.4, -0.2) is 68.4 Å². The van der Waals surface area contributed by atoms with E-state index in [0.717, 1.165) is 26.2 Å².